The molecule has 1 N–H and O–H groups in total. The lowest BCUT2D eigenvalue weighted by molar-refractivity contribution is -0.137. The fourth-order valence-electron chi connectivity index (χ4n) is 1.63. The van der Waals surface area contributed by atoms with Gasteiger partial charge in [-0.15, -0.1) is 0 Å². The van der Waals surface area contributed by atoms with Gasteiger partial charge in [0.25, 0.3) is 10.0 Å². The molecule has 0 radical (unpaired) electrons. The number of nitrogens with one attached hydrogen (secondary N) is 1. The SMILES string of the molecule is CCOc1ncc(NS(=O)(=O)c2cccc(C(F)(F)F)c2)cn1. The highest BCUT2D eigenvalue weighted by atomic mass is 32.2. The van der Waals surface area contributed by atoms with E-state index in [1.54, 1.807) is 6.92 Å². The van der Waals surface area contributed by atoms with Gasteiger partial charge in [-0.25, -0.2) is 18.4 Å². The molecule has 0 saturated carbocycles. The number of sulfonamides is 1. The van der Waals surface area contributed by atoms with Crippen LogP contribution in [0, 0.1) is 0 Å². The Balaban J connectivity index is 2.25. The second kappa shape index (κ2) is 6.41. The molecule has 23 heavy (non-hydrogen) atoms. The van der Waals surface area contributed by atoms with Gasteiger partial charge >= 0.3 is 12.2 Å². The largest absolute Gasteiger partial charge is 0.464 e. The molecule has 0 unspecified atom stereocenters. The van der Waals surface area contributed by atoms with E-state index in [1.165, 1.54) is 0 Å². The van der Waals surface area contributed by atoms with Crippen molar-refractivity contribution in [2.45, 2.75) is 18.0 Å². The standard InChI is InChI=1S/C13H12F3N3O3S/c1-2-22-12-17-7-10(8-18-12)19-23(20,21)11-5-3-4-9(6-11)13(14,15)16/h3-8,19H,2H2,1H3. The van der Waals surface area contributed by atoms with Gasteiger partial charge in [-0.2, -0.15) is 13.2 Å². The molecule has 0 amide bonds. The summed E-state index contributed by atoms with van der Waals surface area (Å²) in [5, 5.41) is 0. The van der Waals surface area contributed by atoms with Crippen LogP contribution in [-0.2, 0) is 16.2 Å². The van der Waals surface area contributed by atoms with Gasteiger partial charge in [0.1, 0.15) is 0 Å². The molecule has 2 aromatic rings. The summed E-state index contributed by atoms with van der Waals surface area (Å²) in [6, 6.07) is 3.49. The number of benzene rings is 1. The lowest BCUT2D eigenvalue weighted by Crippen LogP contribution is -2.15. The third-order valence-electron chi connectivity index (χ3n) is 2.63. The van der Waals surface area contributed by atoms with Gasteiger partial charge in [-0.1, -0.05) is 6.07 Å². The van der Waals surface area contributed by atoms with E-state index < -0.39 is 26.7 Å². The van der Waals surface area contributed by atoms with Gasteiger partial charge in [0.15, 0.2) is 0 Å². The van der Waals surface area contributed by atoms with Crippen molar-refractivity contribution in [2.24, 2.45) is 0 Å². The number of aromatic nitrogens is 2. The monoisotopic (exact) mass is 347 g/mol. The molecule has 0 aliphatic heterocycles. The van der Waals surface area contributed by atoms with Crippen LogP contribution in [-0.4, -0.2) is 25.0 Å². The fraction of sp³-hybridized carbons (Fsp3) is 0.231. The molecular formula is C13H12F3N3O3S. The van der Waals surface area contributed by atoms with E-state index >= 15 is 0 Å². The smallest absolute Gasteiger partial charge is 0.416 e. The number of anilines is 1. The normalized spacial score (nSPS) is 12.0. The highest BCUT2D eigenvalue weighted by molar-refractivity contribution is 7.92. The zero-order valence-corrected chi connectivity index (χ0v) is 12.6. The van der Waals surface area contributed by atoms with Crippen LogP contribution in [0.15, 0.2) is 41.6 Å². The first-order valence-corrected chi connectivity index (χ1v) is 7.85. The number of rotatable bonds is 5. The first kappa shape index (κ1) is 17.0. The van der Waals surface area contributed by atoms with Crippen LogP contribution in [0.3, 0.4) is 0 Å². The Morgan fingerprint density at radius 1 is 1.22 bits per heavy atom. The third kappa shape index (κ3) is 4.31. The molecule has 0 aliphatic rings. The summed E-state index contributed by atoms with van der Waals surface area (Å²) in [5.41, 5.74) is -1.05. The number of alkyl halides is 3. The average molecular weight is 347 g/mol. The summed E-state index contributed by atoms with van der Waals surface area (Å²) in [6.07, 6.45) is -2.32. The second-order valence-electron chi connectivity index (χ2n) is 4.32. The lowest BCUT2D eigenvalue weighted by atomic mass is 10.2. The third-order valence-corrected chi connectivity index (χ3v) is 4.00. The molecule has 0 aliphatic carbocycles. The minimum absolute atomic E-state index is 0.00543. The van der Waals surface area contributed by atoms with E-state index in [-0.39, 0.29) is 11.7 Å². The lowest BCUT2D eigenvalue weighted by Gasteiger charge is -2.11. The van der Waals surface area contributed by atoms with Gasteiger partial charge in [-0.3, -0.25) is 4.72 Å². The van der Waals surface area contributed by atoms with Crippen molar-refractivity contribution in [3.8, 4) is 6.01 Å². The molecule has 6 nitrogen and oxygen atoms in total. The number of hydrogen-bond donors (Lipinski definition) is 1. The second-order valence-corrected chi connectivity index (χ2v) is 6.00. The van der Waals surface area contributed by atoms with Crippen molar-refractivity contribution < 1.29 is 26.3 Å². The van der Waals surface area contributed by atoms with Crippen LogP contribution in [0.1, 0.15) is 12.5 Å². The summed E-state index contributed by atoms with van der Waals surface area (Å²) < 4.78 is 69.3. The minimum atomic E-state index is -4.63. The molecule has 1 heterocycles. The Kier molecular flexibility index (Phi) is 4.73. The molecule has 1 aromatic carbocycles. The van der Waals surface area contributed by atoms with Crippen LogP contribution >= 0.6 is 0 Å². The summed E-state index contributed by atoms with van der Waals surface area (Å²) >= 11 is 0. The average Bonchev–Trinajstić information content (AvgIpc) is 2.49. The Morgan fingerprint density at radius 2 is 1.87 bits per heavy atom. The fourth-order valence-corrected chi connectivity index (χ4v) is 2.70. The molecule has 0 bridgehead atoms. The maximum Gasteiger partial charge on any atom is 0.416 e. The van der Waals surface area contributed by atoms with E-state index in [9.17, 15) is 21.6 Å². The van der Waals surface area contributed by atoms with Gasteiger partial charge in [-0.05, 0) is 25.1 Å². The molecule has 1 aromatic heterocycles. The molecular weight excluding hydrogens is 335 g/mol. The van der Waals surface area contributed by atoms with E-state index in [4.69, 9.17) is 4.74 Å². The van der Waals surface area contributed by atoms with E-state index in [0.717, 1.165) is 30.6 Å². The maximum absolute atomic E-state index is 12.7. The van der Waals surface area contributed by atoms with Crippen molar-refractivity contribution in [3.05, 3.63) is 42.2 Å². The Labute approximate surface area is 130 Å². The van der Waals surface area contributed by atoms with Crippen molar-refractivity contribution in [3.63, 3.8) is 0 Å². The van der Waals surface area contributed by atoms with Crippen molar-refractivity contribution >= 4 is 15.7 Å². The number of ether oxygens (including phenoxy) is 1. The number of hydrogen-bond acceptors (Lipinski definition) is 5. The molecule has 2 rings (SSSR count). The van der Waals surface area contributed by atoms with Crippen molar-refractivity contribution in [1.82, 2.24) is 9.97 Å². The molecule has 0 saturated heterocycles. The summed E-state index contributed by atoms with van der Waals surface area (Å²) in [7, 11) is -4.19. The number of nitrogens with zero attached hydrogens (tertiary/aromatic N) is 2. The van der Waals surface area contributed by atoms with E-state index in [0.29, 0.717) is 12.7 Å². The van der Waals surface area contributed by atoms with Crippen LogP contribution < -0.4 is 9.46 Å². The summed E-state index contributed by atoms with van der Waals surface area (Å²) in [6.45, 7) is 2.07. The van der Waals surface area contributed by atoms with Gasteiger partial charge < -0.3 is 4.74 Å². The van der Waals surface area contributed by atoms with Crippen LogP contribution in [0.25, 0.3) is 0 Å². The van der Waals surface area contributed by atoms with Crippen molar-refractivity contribution in [2.75, 3.05) is 11.3 Å². The molecule has 10 heteroatoms. The quantitative estimate of drug-likeness (QED) is 0.899. The van der Waals surface area contributed by atoms with Gasteiger partial charge in [0.2, 0.25) is 0 Å². The van der Waals surface area contributed by atoms with Gasteiger partial charge in [0, 0.05) is 0 Å². The minimum Gasteiger partial charge on any atom is -0.464 e. The molecule has 0 fully saturated rings. The highest BCUT2D eigenvalue weighted by Gasteiger charge is 2.31. The predicted octanol–water partition coefficient (Wildman–Crippen LogP) is 2.69. The van der Waals surface area contributed by atoms with E-state index in [2.05, 4.69) is 14.7 Å². The first-order chi connectivity index (χ1) is 10.7. The first-order valence-electron chi connectivity index (χ1n) is 6.37. The zero-order valence-electron chi connectivity index (χ0n) is 11.8. The van der Waals surface area contributed by atoms with E-state index in [1.807, 2.05) is 0 Å². The topological polar surface area (TPSA) is 81.2 Å². The maximum atomic E-state index is 12.7. The zero-order chi connectivity index (χ0) is 17.1. The highest BCUT2D eigenvalue weighted by Crippen LogP contribution is 2.30. The van der Waals surface area contributed by atoms with Crippen LogP contribution in [0.2, 0.25) is 0 Å². The van der Waals surface area contributed by atoms with Crippen LogP contribution in [0.5, 0.6) is 6.01 Å². The molecule has 0 spiro atoms. The summed E-state index contributed by atoms with van der Waals surface area (Å²) in [4.78, 5) is 7.01. The predicted molar refractivity (Wildman–Crippen MR) is 75.5 cm³/mol. The summed E-state index contributed by atoms with van der Waals surface area (Å²) in [5.74, 6) is 0. The Bertz CT molecular complexity index is 777. The molecule has 0 atom stereocenters. The van der Waals surface area contributed by atoms with Crippen LogP contribution in [0.4, 0.5) is 18.9 Å². The number of halogens is 3. The van der Waals surface area contributed by atoms with Crippen molar-refractivity contribution in [1.29, 1.82) is 0 Å². The Hall–Kier alpha value is -2.36. The van der Waals surface area contributed by atoms with Gasteiger partial charge in [0.05, 0.1) is 35.1 Å². The Morgan fingerprint density at radius 3 is 2.43 bits per heavy atom. The molecule has 124 valence electrons.